The molecule has 0 radical (unpaired) electrons. The fourth-order valence-electron chi connectivity index (χ4n) is 8.96. The molecular formula is C30H57BrSn. The van der Waals surface area contributed by atoms with Gasteiger partial charge in [-0.25, -0.2) is 0 Å². The van der Waals surface area contributed by atoms with Crippen LogP contribution in [0.1, 0.15) is 120 Å². The van der Waals surface area contributed by atoms with E-state index in [1.165, 1.54) is 38.5 Å². The van der Waals surface area contributed by atoms with Gasteiger partial charge in [-0.15, -0.1) is 0 Å². The molecule has 0 bridgehead atoms. The van der Waals surface area contributed by atoms with Gasteiger partial charge in [0.2, 0.25) is 0 Å². The third-order valence-corrected chi connectivity index (χ3v) is 38.0. The van der Waals surface area contributed by atoms with Gasteiger partial charge in [-0.3, -0.25) is 0 Å². The van der Waals surface area contributed by atoms with Crippen molar-refractivity contribution in [2.75, 3.05) is 0 Å². The van der Waals surface area contributed by atoms with Crippen molar-refractivity contribution >= 4 is 28.9 Å². The summed E-state index contributed by atoms with van der Waals surface area (Å²) in [4.78, 5) is 0. The Morgan fingerprint density at radius 2 is 0.750 bits per heavy atom. The molecule has 0 N–H and O–H groups in total. The zero-order valence-electron chi connectivity index (χ0n) is 23.2. The molecule has 2 heteroatoms. The minimum absolute atomic E-state index is 0.859. The Balaban J connectivity index is 2.14. The van der Waals surface area contributed by atoms with Crippen molar-refractivity contribution in [3.63, 3.8) is 0 Å². The van der Waals surface area contributed by atoms with Crippen LogP contribution in [0.25, 0.3) is 0 Å². The van der Waals surface area contributed by atoms with Crippen molar-refractivity contribution in [2.45, 2.75) is 132 Å². The van der Waals surface area contributed by atoms with Crippen LogP contribution in [0.15, 0.2) is 0 Å². The van der Waals surface area contributed by atoms with E-state index in [1.807, 2.05) is 0 Å². The van der Waals surface area contributed by atoms with E-state index in [1.54, 1.807) is 19.3 Å². The molecule has 3 saturated carbocycles. The third kappa shape index (κ3) is 5.81. The fraction of sp³-hybridized carbons (Fsp3) is 1.00. The molecule has 0 amide bonds. The molecule has 188 valence electrons. The van der Waals surface area contributed by atoms with Crippen LogP contribution in [0.3, 0.4) is 0 Å². The molecule has 0 nitrogen and oxygen atoms in total. The number of halogens is 1. The van der Waals surface area contributed by atoms with Crippen LogP contribution >= 0.6 is 12.7 Å². The van der Waals surface area contributed by atoms with E-state index >= 15 is 0 Å². The van der Waals surface area contributed by atoms with Crippen molar-refractivity contribution in [1.29, 1.82) is 0 Å². The average Bonchev–Trinajstić information content (AvgIpc) is 2.72. The SMILES string of the molecule is CC(C)[C@@H]1CC[C@@H](C)C[C@H]1[Sn]([Br])([C@@H]1C[C@H](C)CC[C@H]1C(C)C)[C@@H]1C[C@H](C)CC[C@H]1C(C)C. The Bertz CT molecular complexity index is 505. The monoisotopic (exact) mass is 616 g/mol. The first-order chi connectivity index (χ1) is 15.0. The molecule has 0 spiro atoms. The summed E-state index contributed by atoms with van der Waals surface area (Å²) in [5.74, 6) is 8.36. The standard InChI is InChI=1S/3C10H19.BrH.Sn/c3*1-8(2)10-6-4-9(3)5-7-10;;/h3*6,8-10H,4-5,7H2,1-3H3;1H;/q;;;;+1/p-1/t3*9-,10-;;/m000../s1. The van der Waals surface area contributed by atoms with E-state index in [0.717, 1.165) is 65.1 Å². The summed E-state index contributed by atoms with van der Waals surface area (Å²) in [6.07, 6.45) is 13.6. The maximum atomic E-state index is 5.09. The van der Waals surface area contributed by atoms with E-state index < -0.39 is 16.2 Å². The van der Waals surface area contributed by atoms with Gasteiger partial charge >= 0.3 is 214 Å². The van der Waals surface area contributed by atoms with Crippen molar-refractivity contribution in [1.82, 2.24) is 0 Å². The Morgan fingerprint density at radius 3 is 0.969 bits per heavy atom. The van der Waals surface area contributed by atoms with Gasteiger partial charge in [0.1, 0.15) is 0 Å². The molecular weight excluding hydrogens is 559 g/mol. The molecule has 0 aromatic carbocycles. The van der Waals surface area contributed by atoms with Crippen LogP contribution in [0.2, 0.25) is 11.8 Å². The average molecular weight is 616 g/mol. The van der Waals surface area contributed by atoms with Crippen LogP contribution < -0.4 is 0 Å². The molecule has 0 aliphatic heterocycles. The molecule has 0 unspecified atom stereocenters. The van der Waals surface area contributed by atoms with Crippen LogP contribution in [-0.4, -0.2) is 16.2 Å². The number of rotatable bonds is 6. The Kier molecular flexibility index (Phi) is 10.1. The quantitative estimate of drug-likeness (QED) is 0.261. The van der Waals surface area contributed by atoms with Gasteiger partial charge in [0, 0.05) is 0 Å². The predicted octanol–water partition coefficient (Wildman–Crippen LogP) is 10.7. The van der Waals surface area contributed by atoms with E-state index in [0.29, 0.717) is 0 Å². The molecule has 0 aromatic heterocycles. The summed E-state index contributed by atoms with van der Waals surface area (Å²) < 4.78 is 3.17. The zero-order chi connectivity index (χ0) is 23.8. The molecule has 0 heterocycles. The van der Waals surface area contributed by atoms with Crippen LogP contribution in [-0.2, 0) is 0 Å². The topological polar surface area (TPSA) is 0 Å². The molecule has 0 aromatic rings. The second kappa shape index (κ2) is 11.6. The van der Waals surface area contributed by atoms with Crippen molar-refractivity contribution in [3.05, 3.63) is 0 Å². The van der Waals surface area contributed by atoms with Crippen LogP contribution in [0.4, 0.5) is 0 Å². The molecule has 0 saturated heterocycles. The number of hydrogen-bond acceptors (Lipinski definition) is 0. The Morgan fingerprint density at radius 1 is 0.500 bits per heavy atom. The van der Waals surface area contributed by atoms with Gasteiger partial charge in [0.25, 0.3) is 0 Å². The second-order valence-corrected chi connectivity index (χ2v) is 34.4. The Labute approximate surface area is 212 Å². The minimum atomic E-state index is -2.79. The van der Waals surface area contributed by atoms with Crippen molar-refractivity contribution < 1.29 is 0 Å². The fourth-order valence-corrected chi connectivity index (χ4v) is 41.1. The van der Waals surface area contributed by atoms with E-state index in [9.17, 15) is 0 Å². The summed E-state index contributed by atoms with van der Waals surface area (Å²) in [5.41, 5.74) is 0. The summed E-state index contributed by atoms with van der Waals surface area (Å²) >= 11 is 2.30. The molecule has 32 heavy (non-hydrogen) atoms. The zero-order valence-corrected chi connectivity index (χ0v) is 27.6. The Hall–Kier alpha value is 1.28. The number of hydrogen-bond donors (Lipinski definition) is 0. The van der Waals surface area contributed by atoms with Gasteiger partial charge in [-0.05, 0) is 0 Å². The normalized spacial score (nSPS) is 42.1. The van der Waals surface area contributed by atoms with Crippen LogP contribution in [0.5, 0.6) is 0 Å². The third-order valence-electron chi connectivity index (χ3n) is 10.8. The van der Waals surface area contributed by atoms with Gasteiger partial charge in [0.05, 0.1) is 0 Å². The van der Waals surface area contributed by atoms with Crippen molar-refractivity contribution in [3.8, 4) is 0 Å². The first-order valence-electron chi connectivity index (χ1n) is 14.7. The van der Waals surface area contributed by atoms with Gasteiger partial charge in [0.15, 0.2) is 0 Å². The molecule has 3 fully saturated rings. The first-order valence-corrected chi connectivity index (χ1v) is 26.0. The molecule has 9 atom stereocenters. The van der Waals surface area contributed by atoms with E-state index in [4.69, 9.17) is 12.7 Å². The van der Waals surface area contributed by atoms with Gasteiger partial charge in [-0.1, -0.05) is 0 Å². The maximum absolute atomic E-state index is 5.09. The summed E-state index contributed by atoms with van der Waals surface area (Å²) in [6, 6.07) is 0. The van der Waals surface area contributed by atoms with Crippen LogP contribution in [0, 0.1) is 53.3 Å². The predicted molar refractivity (Wildman–Crippen MR) is 150 cm³/mol. The van der Waals surface area contributed by atoms with Crippen molar-refractivity contribution in [2.24, 2.45) is 53.3 Å². The van der Waals surface area contributed by atoms with Gasteiger partial charge in [-0.2, -0.15) is 0 Å². The summed E-state index contributed by atoms with van der Waals surface area (Å²) in [6.45, 7) is 23.2. The second-order valence-electron chi connectivity index (χ2n) is 14.1. The summed E-state index contributed by atoms with van der Waals surface area (Å²) in [5, 5.41) is 0. The molecule has 3 aliphatic rings. The van der Waals surface area contributed by atoms with Gasteiger partial charge < -0.3 is 0 Å². The first kappa shape index (κ1) is 27.9. The molecule has 3 rings (SSSR count). The molecule has 3 aliphatic carbocycles. The van der Waals surface area contributed by atoms with E-state index in [-0.39, 0.29) is 0 Å². The summed E-state index contributed by atoms with van der Waals surface area (Å²) in [7, 11) is 0. The van der Waals surface area contributed by atoms with E-state index in [2.05, 4.69) is 62.3 Å².